The Morgan fingerprint density at radius 3 is 2.65 bits per heavy atom. The largest absolute Gasteiger partial charge is 0.489 e. The van der Waals surface area contributed by atoms with Gasteiger partial charge in [-0.3, -0.25) is 0 Å². The second-order valence-electron chi connectivity index (χ2n) is 6.07. The van der Waals surface area contributed by atoms with Crippen LogP contribution >= 0.6 is 0 Å². The third-order valence-electron chi connectivity index (χ3n) is 3.82. The van der Waals surface area contributed by atoms with Crippen LogP contribution in [-0.2, 0) is 0 Å². The van der Waals surface area contributed by atoms with E-state index in [1.54, 1.807) is 0 Å². The zero-order valence-electron chi connectivity index (χ0n) is 13.8. The molecule has 1 N–H and O–H groups in total. The van der Waals surface area contributed by atoms with Gasteiger partial charge in [0.05, 0.1) is 11.8 Å². The van der Waals surface area contributed by atoms with Crippen LogP contribution in [0.1, 0.15) is 33.1 Å². The first-order valence-corrected chi connectivity index (χ1v) is 8.33. The van der Waals surface area contributed by atoms with Crippen LogP contribution in [0.25, 0.3) is 0 Å². The summed E-state index contributed by atoms with van der Waals surface area (Å²) in [5.41, 5.74) is 0.886. The van der Waals surface area contributed by atoms with E-state index in [0.717, 1.165) is 30.3 Å². The van der Waals surface area contributed by atoms with Crippen LogP contribution in [0, 0.1) is 0 Å². The highest BCUT2D eigenvalue weighted by Crippen LogP contribution is 2.27. The van der Waals surface area contributed by atoms with E-state index in [0.29, 0.717) is 5.95 Å². The molecule has 23 heavy (non-hydrogen) atoms. The maximum absolute atomic E-state index is 5.84. The van der Waals surface area contributed by atoms with Crippen molar-refractivity contribution in [1.29, 1.82) is 0 Å². The number of para-hydroxylation sites is 2. The van der Waals surface area contributed by atoms with E-state index in [1.165, 1.54) is 19.3 Å². The summed E-state index contributed by atoms with van der Waals surface area (Å²) in [6, 6.07) is 9.86. The molecule has 0 aliphatic carbocycles. The summed E-state index contributed by atoms with van der Waals surface area (Å²) in [7, 11) is 0. The van der Waals surface area contributed by atoms with E-state index in [4.69, 9.17) is 4.74 Å². The molecule has 5 heteroatoms. The zero-order valence-corrected chi connectivity index (χ0v) is 13.8. The van der Waals surface area contributed by atoms with E-state index >= 15 is 0 Å². The first kappa shape index (κ1) is 15.6. The quantitative estimate of drug-likeness (QED) is 0.904. The third-order valence-corrected chi connectivity index (χ3v) is 3.82. The molecule has 0 unspecified atom stereocenters. The van der Waals surface area contributed by atoms with Crippen LogP contribution in [0.15, 0.2) is 36.5 Å². The number of anilines is 3. The summed E-state index contributed by atoms with van der Waals surface area (Å²) in [6.45, 7) is 6.18. The number of hydrogen-bond donors (Lipinski definition) is 1. The summed E-state index contributed by atoms with van der Waals surface area (Å²) in [6.07, 6.45) is 5.71. The highest BCUT2D eigenvalue weighted by atomic mass is 16.5. The smallest absolute Gasteiger partial charge is 0.229 e. The Kier molecular flexibility index (Phi) is 4.95. The highest BCUT2D eigenvalue weighted by molar-refractivity contribution is 5.63. The monoisotopic (exact) mass is 312 g/mol. The number of piperidine rings is 1. The summed E-state index contributed by atoms with van der Waals surface area (Å²) in [5, 5.41) is 3.28. The number of hydrogen-bond acceptors (Lipinski definition) is 5. The predicted molar refractivity (Wildman–Crippen MR) is 93.6 cm³/mol. The van der Waals surface area contributed by atoms with Crippen molar-refractivity contribution < 1.29 is 4.74 Å². The molecular formula is C18H24N4O. The molecule has 2 aromatic rings. The number of rotatable bonds is 5. The van der Waals surface area contributed by atoms with Crippen LogP contribution in [-0.4, -0.2) is 29.2 Å². The fourth-order valence-corrected chi connectivity index (χ4v) is 2.76. The van der Waals surface area contributed by atoms with Crippen molar-refractivity contribution in [3.8, 4) is 5.75 Å². The Balaban J connectivity index is 1.78. The standard InChI is InChI=1S/C18H24N4O/c1-14(2)23-16-9-5-4-8-15(16)20-18-19-11-10-17(21-18)22-12-6-3-7-13-22/h4-5,8-11,14H,3,6-7,12-13H2,1-2H3,(H,19,20,21). The maximum Gasteiger partial charge on any atom is 0.229 e. The Bertz CT molecular complexity index is 638. The lowest BCUT2D eigenvalue weighted by Gasteiger charge is -2.27. The minimum Gasteiger partial charge on any atom is -0.489 e. The van der Waals surface area contributed by atoms with Gasteiger partial charge < -0.3 is 15.0 Å². The molecule has 0 atom stereocenters. The minimum absolute atomic E-state index is 0.124. The molecule has 1 aliphatic heterocycles. The zero-order chi connectivity index (χ0) is 16.1. The molecule has 1 saturated heterocycles. The molecule has 0 spiro atoms. The number of nitrogens with zero attached hydrogens (tertiary/aromatic N) is 3. The van der Waals surface area contributed by atoms with Crippen molar-refractivity contribution in [3.63, 3.8) is 0 Å². The molecule has 3 rings (SSSR count). The molecule has 0 saturated carbocycles. The van der Waals surface area contributed by atoms with Crippen LogP contribution in [0.5, 0.6) is 5.75 Å². The number of ether oxygens (including phenoxy) is 1. The van der Waals surface area contributed by atoms with Gasteiger partial charge in [0.1, 0.15) is 11.6 Å². The second-order valence-corrected chi connectivity index (χ2v) is 6.07. The van der Waals surface area contributed by atoms with E-state index in [9.17, 15) is 0 Å². The maximum atomic E-state index is 5.84. The molecule has 1 aromatic heterocycles. The van der Waals surface area contributed by atoms with Crippen molar-refractivity contribution in [2.24, 2.45) is 0 Å². The van der Waals surface area contributed by atoms with Gasteiger partial charge in [-0.2, -0.15) is 4.98 Å². The molecule has 1 aromatic carbocycles. The lowest BCUT2D eigenvalue weighted by molar-refractivity contribution is 0.244. The van der Waals surface area contributed by atoms with E-state index in [1.807, 2.05) is 50.4 Å². The summed E-state index contributed by atoms with van der Waals surface area (Å²) < 4.78 is 5.84. The topological polar surface area (TPSA) is 50.3 Å². The van der Waals surface area contributed by atoms with Crippen LogP contribution in [0.3, 0.4) is 0 Å². The van der Waals surface area contributed by atoms with Crippen LogP contribution < -0.4 is 15.0 Å². The summed E-state index contributed by atoms with van der Waals surface area (Å²) in [5.74, 6) is 2.41. The predicted octanol–water partition coefficient (Wildman–Crippen LogP) is 4.00. The Hall–Kier alpha value is -2.30. The molecule has 0 bridgehead atoms. The van der Waals surface area contributed by atoms with Gasteiger partial charge in [-0.25, -0.2) is 4.98 Å². The Labute approximate surface area is 137 Å². The molecule has 0 radical (unpaired) electrons. The van der Waals surface area contributed by atoms with Gasteiger partial charge in [0, 0.05) is 19.3 Å². The number of nitrogens with one attached hydrogen (secondary N) is 1. The molecule has 1 aliphatic rings. The van der Waals surface area contributed by atoms with Crippen LogP contribution in [0.4, 0.5) is 17.5 Å². The van der Waals surface area contributed by atoms with Crippen molar-refractivity contribution in [1.82, 2.24) is 9.97 Å². The van der Waals surface area contributed by atoms with E-state index in [-0.39, 0.29) is 6.10 Å². The Morgan fingerprint density at radius 1 is 1.09 bits per heavy atom. The average molecular weight is 312 g/mol. The van der Waals surface area contributed by atoms with Gasteiger partial charge in [-0.1, -0.05) is 12.1 Å². The second kappa shape index (κ2) is 7.31. The first-order chi connectivity index (χ1) is 11.2. The molecular weight excluding hydrogens is 288 g/mol. The first-order valence-electron chi connectivity index (χ1n) is 8.33. The van der Waals surface area contributed by atoms with Gasteiger partial charge in [0.25, 0.3) is 0 Å². The highest BCUT2D eigenvalue weighted by Gasteiger charge is 2.13. The fourth-order valence-electron chi connectivity index (χ4n) is 2.76. The number of aromatic nitrogens is 2. The van der Waals surface area contributed by atoms with Gasteiger partial charge in [-0.05, 0) is 51.3 Å². The third kappa shape index (κ3) is 4.12. The molecule has 5 nitrogen and oxygen atoms in total. The average Bonchev–Trinajstić information content (AvgIpc) is 2.57. The van der Waals surface area contributed by atoms with Crippen LogP contribution in [0.2, 0.25) is 0 Å². The number of benzene rings is 1. The van der Waals surface area contributed by atoms with E-state index < -0.39 is 0 Å². The summed E-state index contributed by atoms with van der Waals surface area (Å²) >= 11 is 0. The van der Waals surface area contributed by atoms with Gasteiger partial charge in [0.15, 0.2) is 0 Å². The Morgan fingerprint density at radius 2 is 1.87 bits per heavy atom. The summed E-state index contributed by atoms with van der Waals surface area (Å²) in [4.78, 5) is 11.3. The lowest BCUT2D eigenvalue weighted by Crippen LogP contribution is -2.30. The van der Waals surface area contributed by atoms with Crippen molar-refractivity contribution in [2.75, 3.05) is 23.3 Å². The molecule has 0 amide bonds. The van der Waals surface area contributed by atoms with E-state index in [2.05, 4.69) is 20.2 Å². The van der Waals surface area contributed by atoms with Gasteiger partial charge in [-0.15, -0.1) is 0 Å². The van der Waals surface area contributed by atoms with Crippen molar-refractivity contribution >= 4 is 17.5 Å². The SMILES string of the molecule is CC(C)Oc1ccccc1Nc1nccc(N2CCCCC2)n1. The molecule has 1 fully saturated rings. The van der Waals surface area contributed by atoms with Crippen molar-refractivity contribution in [3.05, 3.63) is 36.5 Å². The molecule has 2 heterocycles. The van der Waals surface area contributed by atoms with Gasteiger partial charge >= 0.3 is 0 Å². The molecule has 122 valence electrons. The normalized spacial score (nSPS) is 14.8. The minimum atomic E-state index is 0.124. The van der Waals surface area contributed by atoms with Gasteiger partial charge in [0.2, 0.25) is 5.95 Å². The fraction of sp³-hybridized carbons (Fsp3) is 0.444. The lowest BCUT2D eigenvalue weighted by atomic mass is 10.1. The van der Waals surface area contributed by atoms with Crippen molar-refractivity contribution in [2.45, 2.75) is 39.2 Å².